The fourth-order valence-corrected chi connectivity index (χ4v) is 4.28. The second-order valence-corrected chi connectivity index (χ2v) is 8.75. The zero-order chi connectivity index (χ0) is 22.9. The summed E-state index contributed by atoms with van der Waals surface area (Å²) in [4.78, 5) is 35.4. The van der Waals surface area contributed by atoms with Crippen LogP contribution in [0.4, 0.5) is 0 Å². The number of carbonyl (C=O) groups excluding carboxylic acids is 2. The van der Waals surface area contributed by atoms with Crippen LogP contribution < -0.4 is 0 Å². The largest absolute Gasteiger partial charge is 0.341 e. The van der Waals surface area contributed by atoms with Gasteiger partial charge in [-0.25, -0.2) is 0 Å². The van der Waals surface area contributed by atoms with Gasteiger partial charge >= 0.3 is 0 Å². The zero-order valence-electron chi connectivity index (χ0n) is 19.4. The van der Waals surface area contributed by atoms with Crippen molar-refractivity contribution in [1.82, 2.24) is 19.7 Å². The molecule has 2 amide bonds. The Balaban J connectivity index is 1.64. The van der Waals surface area contributed by atoms with Gasteiger partial charge in [0.05, 0.1) is 12.2 Å². The van der Waals surface area contributed by atoms with Crippen molar-refractivity contribution < 1.29 is 9.59 Å². The third-order valence-corrected chi connectivity index (χ3v) is 6.11. The molecule has 2 heterocycles. The highest BCUT2D eigenvalue weighted by Crippen LogP contribution is 2.27. The lowest BCUT2D eigenvalue weighted by Gasteiger charge is -2.40. The van der Waals surface area contributed by atoms with E-state index in [1.54, 1.807) is 18.3 Å². The molecule has 1 unspecified atom stereocenters. The Morgan fingerprint density at radius 3 is 2.38 bits per heavy atom. The van der Waals surface area contributed by atoms with Crippen molar-refractivity contribution in [2.75, 3.05) is 40.8 Å². The number of pyridine rings is 1. The molecule has 32 heavy (non-hydrogen) atoms. The van der Waals surface area contributed by atoms with E-state index < -0.39 is 0 Å². The molecule has 1 fully saturated rings. The molecule has 0 N–H and O–H groups in total. The molecular formula is C26H34N4O2. The number of hydrogen-bond acceptors (Lipinski definition) is 4. The highest BCUT2D eigenvalue weighted by atomic mass is 16.2. The monoisotopic (exact) mass is 434 g/mol. The minimum atomic E-state index is 0.0192. The summed E-state index contributed by atoms with van der Waals surface area (Å²) >= 11 is 0. The lowest BCUT2D eigenvalue weighted by molar-refractivity contribution is -0.135. The summed E-state index contributed by atoms with van der Waals surface area (Å²) in [6.07, 6.45) is 7.70. The van der Waals surface area contributed by atoms with Gasteiger partial charge in [0.1, 0.15) is 0 Å². The molecule has 6 heteroatoms. The van der Waals surface area contributed by atoms with E-state index in [1.165, 1.54) is 5.56 Å². The van der Waals surface area contributed by atoms with Crippen molar-refractivity contribution in [3.8, 4) is 0 Å². The summed E-state index contributed by atoms with van der Waals surface area (Å²) in [5.74, 6) is 0.508. The van der Waals surface area contributed by atoms with Crippen LogP contribution in [0.1, 0.15) is 24.1 Å². The van der Waals surface area contributed by atoms with Gasteiger partial charge < -0.3 is 14.7 Å². The third-order valence-electron chi connectivity index (χ3n) is 6.11. The van der Waals surface area contributed by atoms with Gasteiger partial charge in [0.15, 0.2) is 0 Å². The van der Waals surface area contributed by atoms with E-state index >= 15 is 0 Å². The number of nitrogens with zero attached hydrogens (tertiary/aromatic N) is 4. The van der Waals surface area contributed by atoms with Gasteiger partial charge in [-0.2, -0.15) is 0 Å². The van der Waals surface area contributed by atoms with Crippen LogP contribution in [0, 0.1) is 5.92 Å². The third kappa shape index (κ3) is 6.76. The van der Waals surface area contributed by atoms with E-state index in [9.17, 15) is 9.59 Å². The molecule has 3 rings (SSSR count). The summed E-state index contributed by atoms with van der Waals surface area (Å²) in [6, 6.07) is 16.1. The number of rotatable bonds is 8. The molecule has 1 saturated heterocycles. The molecule has 0 spiro atoms. The smallest absolute Gasteiger partial charge is 0.246 e. The van der Waals surface area contributed by atoms with Crippen LogP contribution in [0.3, 0.4) is 0 Å². The molecule has 1 aliphatic heterocycles. The van der Waals surface area contributed by atoms with Crippen LogP contribution >= 0.6 is 0 Å². The highest BCUT2D eigenvalue weighted by molar-refractivity contribution is 5.91. The van der Waals surface area contributed by atoms with Gasteiger partial charge in [-0.15, -0.1) is 0 Å². The van der Waals surface area contributed by atoms with Crippen molar-refractivity contribution in [3.05, 3.63) is 72.1 Å². The lowest BCUT2D eigenvalue weighted by Crippen LogP contribution is -2.50. The van der Waals surface area contributed by atoms with E-state index in [2.05, 4.69) is 17.1 Å². The standard InChI is InChI=1S/C26H34N4O2/c1-28(2)20-26(32)29(3)24(19-21-9-5-4-6-10-21)22-14-17-30(18-15-22)25(31)13-12-23-11-7-8-16-27-23/h4-13,16,22,24H,14-15,17-20H2,1-3H3/b13-12+. The summed E-state index contributed by atoms with van der Waals surface area (Å²) < 4.78 is 0. The van der Waals surface area contributed by atoms with Gasteiger partial charge in [-0.05, 0) is 63.0 Å². The molecular weight excluding hydrogens is 400 g/mol. The van der Waals surface area contributed by atoms with Crippen molar-refractivity contribution in [3.63, 3.8) is 0 Å². The second-order valence-electron chi connectivity index (χ2n) is 8.75. The predicted molar refractivity (Wildman–Crippen MR) is 128 cm³/mol. The van der Waals surface area contributed by atoms with Crippen LogP contribution in [0.5, 0.6) is 0 Å². The highest BCUT2D eigenvalue weighted by Gasteiger charge is 2.32. The Kier molecular flexibility index (Phi) is 8.56. The molecule has 1 aromatic heterocycles. The Morgan fingerprint density at radius 1 is 1.06 bits per heavy atom. The first kappa shape index (κ1) is 23.7. The average molecular weight is 435 g/mol. The molecule has 1 atom stereocenters. The van der Waals surface area contributed by atoms with Gasteiger partial charge in [-0.1, -0.05) is 36.4 Å². The van der Waals surface area contributed by atoms with Crippen LogP contribution in [-0.2, 0) is 16.0 Å². The van der Waals surface area contributed by atoms with Gasteiger partial charge in [0.2, 0.25) is 11.8 Å². The molecule has 1 aliphatic rings. The van der Waals surface area contributed by atoms with Crippen molar-refractivity contribution in [2.45, 2.75) is 25.3 Å². The molecule has 170 valence electrons. The Labute approximate surface area is 191 Å². The van der Waals surface area contributed by atoms with Crippen molar-refractivity contribution >= 4 is 17.9 Å². The van der Waals surface area contributed by atoms with Crippen molar-refractivity contribution in [2.24, 2.45) is 5.92 Å². The number of likely N-dealkylation sites (tertiary alicyclic amines) is 1. The van der Waals surface area contributed by atoms with E-state index in [0.717, 1.165) is 25.0 Å². The first-order valence-electron chi connectivity index (χ1n) is 11.3. The maximum atomic E-state index is 12.8. The number of amides is 2. The molecule has 1 aromatic carbocycles. The first-order valence-corrected chi connectivity index (χ1v) is 11.3. The molecule has 2 aromatic rings. The summed E-state index contributed by atoms with van der Waals surface area (Å²) in [6.45, 7) is 1.81. The summed E-state index contributed by atoms with van der Waals surface area (Å²) in [7, 11) is 5.76. The number of benzene rings is 1. The van der Waals surface area contributed by atoms with Gasteiger partial charge in [0, 0.05) is 38.5 Å². The Bertz CT molecular complexity index is 891. The number of aromatic nitrogens is 1. The normalized spacial score (nSPS) is 15.8. The molecule has 0 bridgehead atoms. The molecule has 0 aliphatic carbocycles. The van der Waals surface area contributed by atoms with E-state index in [1.807, 2.05) is 72.2 Å². The minimum Gasteiger partial charge on any atom is -0.341 e. The molecule has 6 nitrogen and oxygen atoms in total. The number of hydrogen-bond donors (Lipinski definition) is 0. The summed E-state index contributed by atoms with van der Waals surface area (Å²) in [5.41, 5.74) is 2.01. The lowest BCUT2D eigenvalue weighted by atomic mass is 9.85. The SMILES string of the molecule is CN(C)CC(=O)N(C)C(Cc1ccccc1)C1CCN(C(=O)/C=C/c2ccccn2)CC1. The van der Waals surface area contributed by atoms with Gasteiger partial charge in [-0.3, -0.25) is 14.6 Å². The fraction of sp³-hybridized carbons (Fsp3) is 0.423. The molecule has 0 radical (unpaired) electrons. The second kappa shape index (κ2) is 11.6. The maximum Gasteiger partial charge on any atom is 0.246 e. The Morgan fingerprint density at radius 2 is 1.75 bits per heavy atom. The Hall–Kier alpha value is -2.99. The summed E-state index contributed by atoms with van der Waals surface area (Å²) in [5, 5.41) is 0. The van der Waals surface area contributed by atoms with Crippen LogP contribution in [0.25, 0.3) is 6.08 Å². The van der Waals surface area contributed by atoms with Crippen LogP contribution in [0.15, 0.2) is 60.8 Å². The zero-order valence-corrected chi connectivity index (χ0v) is 19.4. The van der Waals surface area contributed by atoms with Crippen molar-refractivity contribution in [1.29, 1.82) is 0 Å². The van der Waals surface area contributed by atoms with Crippen LogP contribution in [0.2, 0.25) is 0 Å². The van der Waals surface area contributed by atoms with Crippen LogP contribution in [-0.4, -0.2) is 78.3 Å². The van der Waals surface area contributed by atoms with E-state index in [-0.39, 0.29) is 17.9 Å². The quantitative estimate of drug-likeness (QED) is 0.600. The number of likely N-dealkylation sites (N-methyl/N-ethyl adjacent to an activating group) is 2. The van der Waals surface area contributed by atoms with E-state index in [4.69, 9.17) is 0 Å². The average Bonchev–Trinajstić information content (AvgIpc) is 2.81. The first-order chi connectivity index (χ1) is 15.4. The number of carbonyl (C=O) groups is 2. The minimum absolute atomic E-state index is 0.0192. The predicted octanol–water partition coefficient (Wildman–Crippen LogP) is 2.96. The molecule has 0 saturated carbocycles. The van der Waals surface area contributed by atoms with E-state index in [0.29, 0.717) is 25.6 Å². The maximum absolute atomic E-state index is 12.8. The van der Waals surface area contributed by atoms with Gasteiger partial charge in [0.25, 0.3) is 0 Å². The topological polar surface area (TPSA) is 56.8 Å². The fourth-order valence-electron chi connectivity index (χ4n) is 4.28. The number of piperidine rings is 1.